The number of anilines is 1. The zero-order valence-corrected chi connectivity index (χ0v) is 13.4. The van der Waals surface area contributed by atoms with Gasteiger partial charge in [0.05, 0.1) is 6.04 Å². The molecule has 0 amide bonds. The molecule has 2 aromatic rings. The fourth-order valence-electron chi connectivity index (χ4n) is 4.82. The van der Waals surface area contributed by atoms with Crippen molar-refractivity contribution in [3.8, 4) is 11.1 Å². The van der Waals surface area contributed by atoms with Crippen LogP contribution in [0.25, 0.3) is 11.1 Å². The van der Waals surface area contributed by atoms with Gasteiger partial charge in [0.1, 0.15) is 0 Å². The summed E-state index contributed by atoms with van der Waals surface area (Å²) >= 11 is 0. The number of fused-ring (bicyclic) bond motifs is 9. The average molecular weight is 307 g/mol. The highest BCUT2D eigenvalue weighted by atomic mass is 15.2. The number of nitrogens with zero attached hydrogens (tertiary/aromatic N) is 1. The fraction of sp³-hybridized carbons (Fsp3) is 0.130. The molecule has 0 saturated carbocycles. The summed E-state index contributed by atoms with van der Waals surface area (Å²) in [7, 11) is 0. The van der Waals surface area contributed by atoms with Crippen LogP contribution in [0, 0.1) is 0 Å². The van der Waals surface area contributed by atoms with Gasteiger partial charge in [0.2, 0.25) is 0 Å². The van der Waals surface area contributed by atoms with E-state index in [1.54, 1.807) is 5.57 Å². The molecule has 2 aromatic carbocycles. The molecule has 2 aliphatic heterocycles. The molecule has 0 N–H and O–H groups in total. The monoisotopic (exact) mass is 307 g/mol. The lowest BCUT2D eigenvalue weighted by molar-refractivity contribution is 0.732. The first-order valence-electron chi connectivity index (χ1n) is 8.71. The first-order chi connectivity index (χ1) is 11.9. The quantitative estimate of drug-likeness (QED) is 0.603. The first kappa shape index (κ1) is 12.6. The number of allylic oxidation sites excluding steroid dienone is 6. The smallest absolute Gasteiger partial charge is 0.0823 e. The molecule has 0 saturated heterocycles. The van der Waals surface area contributed by atoms with E-state index >= 15 is 0 Å². The van der Waals surface area contributed by atoms with Gasteiger partial charge >= 0.3 is 0 Å². The number of hydrogen-bond acceptors (Lipinski definition) is 1. The van der Waals surface area contributed by atoms with E-state index < -0.39 is 0 Å². The van der Waals surface area contributed by atoms with Crippen molar-refractivity contribution in [1.29, 1.82) is 0 Å². The van der Waals surface area contributed by atoms with E-state index in [4.69, 9.17) is 0 Å². The summed E-state index contributed by atoms with van der Waals surface area (Å²) < 4.78 is 0. The summed E-state index contributed by atoms with van der Waals surface area (Å²) in [5.41, 5.74) is 11.5. The Labute approximate surface area is 141 Å². The number of benzene rings is 2. The van der Waals surface area contributed by atoms with E-state index in [0.29, 0.717) is 6.04 Å². The van der Waals surface area contributed by atoms with E-state index in [1.165, 1.54) is 39.2 Å². The minimum absolute atomic E-state index is 0.336. The first-order valence-corrected chi connectivity index (χ1v) is 8.71. The van der Waals surface area contributed by atoms with Crippen molar-refractivity contribution in [3.05, 3.63) is 101 Å². The molecule has 1 unspecified atom stereocenters. The molecule has 1 nitrogen and oxygen atoms in total. The molecule has 0 radical (unpaired) electrons. The van der Waals surface area contributed by atoms with E-state index in [0.717, 1.165) is 12.8 Å². The summed E-state index contributed by atoms with van der Waals surface area (Å²) in [5, 5.41) is 0. The van der Waals surface area contributed by atoms with Crippen LogP contribution >= 0.6 is 0 Å². The summed E-state index contributed by atoms with van der Waals surface area (Å²) in [6.45, 7) is 0. The van der Waals surface area contributed by atoms with Gasteiger partial charge in [-0.2, -0.15) is 0 Å². The van der Waals surface area contributed by atoms with Gasteiger partial charge in [0.15, 0.2) is 0 Å². The SMILES string of the molecule is C1=CC2=C(C1)C1=C(CC=C1)C1c3ccccc3-c3ccccc3N21. The molecule has 0 aromatic heterocycles. The highest BCUT2D eigenvalue weighted by Crippen LogP contribution is 2.55. The lowest BCUT2D eigenvalue weighted by atomic mass is 9.79. The predicted octanol–water partition coefficient (Wildman–Crippen LogP) is 5.70. The molecule has 2 heterocycles. The second-order valence-electron chi connectivity index (χ2n) is 6.89. The van der Waals surface area contributed by atoms with Crippen LogP contribution in [0.15, 0.2) is 95.3 Å². The van der Waals surface area contributed by atoms with Gasteiger partial charge in [0, 0.05) is 16.9 Å². The van der Waals surface area contributed by atoms with Gasteiger partial charge in [-0.3, -0.25) is 0 Å². The van der Waals surface area contributed by atoms with Crippen LogP contribution in [0.5, 0.6) is 0 Å². The van der Waals surface area contributed by atoms with Crippen molar-refractivity contribution in [2.75, 3.05) is 4.90 Å². The van der Waals surface area contributed by atoms with Crippen molar-refractivity contribution in [3.63, 3.8) is 0 Å². The Bertz CT molecular complexity index is 1020. The number of para-hydroxylation sites is 1. The second kappa shape index (κ2) is 4.39. The topological polar surface area (TPSA) is 3.24 Å². The van der Waals surface area contributed by atoms with Crippen LogP contribution in [-0.2, 0) is 0 Å². The van der Waals surface area contributed by atoms with Crippen LogP contribution in [0.2, 0.25) is 0 Å². The van der Waals surface area contributed by atoms with Gasteiger partial charge in [0.25, 0.3) is 0 Å². The van der Waals surface area contributed by atoms with Gasteiger partial charge in [-0.25, -0.2) is 0 Å². The normalized spacial score (nSPS) is 22.3. The maximum atomic E-state index is 2.59. The van der Waals surface area contributed by atoms with Crippen molar-refractivity contribution < 1.29 is 0 Å². The lowest BCUT2D eigenvalue weighted by Gasteiger charge is -2.44. The van der Waals surface area contributed by atoms with Crippen LogP contribution in [-0.4, -0.2) is 0 Å². The molecule has 0 fully saturated rings. The summed E-state index contributed by atoms with van der Waals surface area (Å²) in [6.07, 6.45) is 11.4. The van der Waals surface area contributed by atoms with Gasteiger partial charge < -0.3 is 4.90 Å². The number of rotatable bonds is 0. The lowest BCUT2D eigenvalue weighted by Crippen LogP contribution is -2.35. The minimum atomic E-state index is 0.336. The van der Waals surface area contributed by atoms with E-state index in [9.17, 15) is 0 Å². The summed E-state index contributed by atoms with van der Waals surface area (Å²) in [4.78, 5) is 2.59. The van der Waals surface area contributed by atoms with E-state index in [2.05, 4.69) is 77.7 Å². The Morgan fingerprint density at radius 2 is 1.58 bits per heavy atom. The van der Waals surface area contributed by atoms with Crippen molar-refractivity contribution in [2.45, 2.75) is 18.9 Å². The number of hydrogen-bond donors (Lipinski definition) is 0. The Morgan fingerprint density at radius 1 is 0.792 bits per heavy atom. The van der Waals surface area contributed by atoms with E-state index in [1.807, 2.05) is 0 Å². The third-order valence-corrected chi connectivity index (χ3v) is 5.76. The molecule has 0 spiro atoms. The third kappa shape index (κ3) is 1.41. The maximum absolute atomic E-state index is 2.59. The van der Waals surface area contributed by atoms with Gasteiger partial charge in [-0.05, 0) is 52.8 Å². The second-order valence-corrected chi connectivity index (χ2v) is 6.89. The van der Waals surface area contributed by atoms with Crippen molar-refractivity contribution >= 4 is 5.69 Å². The van der Waals surface area contributed by atoms with Crippen LogP contribution < -0.4 is 4.90 Å². The Morgan fingerprint density at radius 3 is 2.54 bits per heavy atom. The average Bonchev–Trinajstić information content (AvgIpc) is 3.30. The standard InChI is InChI=1S/C23H17N/c1-2-9-19-15(7-1)17-8-3-4-13-21(17)24-22-14-6-11-18(22)16-10-5-12-20(16)23(19)24/h1-10,13-14,23H,11-12H2. The molecule has 1 heteroatoms. The molecule has 114 valence electrons. The Balaban J connectivity index is 1.72. The zero-order chi connectivity index (χ0) is 15.7. The van der Waals surface area contributed by atoms with E-state index in [-0.39, 0.29) is 0 Å². The molecule has 0 bridgehead atoms. The van der Waals surface area contributed by atoms with Gasteiger partial charge in [-0.15, -0.1) is 0 Å². The van der Waals surface area contributed by atoms with Crippen LogP contribution in [0.4, 0.5) is 5.69 Å². The zero-order valence-electron chi connectivity index (χ0n) is 13.4. The van der Waals surface area contributed by atoms with Crippen molar-refractivity contribution in [2.24, 2.45) is 0 Å². The fourth-order valence-corrected chi connectivity index (χ4v) is 4.82. The summed E-state index contributed by atoms with van der Waals surface area (Å²) in [6, 6.07) is 18.1. The highest BCUT2D eigenvalue weighted by molar-refractivity contribution is 5.89. The highest BCUT2D eigenvalue weighted by Gasteiger charge is 2.41. The Kier molecular flexibility index (Phi) is 2.30. The molecule has 2 aliphatic carbocycles. The third-order valence-electron chi connectivity index (χ3n) is 5.76. The predicted molar refractivity (Wildman–Crippen MR) is 98.7 cm³/mol. The largest absolute Gasteiger partial charge is 0.329 e. The van der Waals surface area contributed by atoms with Crippen LogP contribution in [0.1, 0.15) is 24.4 Å². The Hall–Kier alpha value is -2.80. The molecule has 4 aliphatic rings. The molecule has 1 atom stereocenters. The van der Waals surface area contributed by atoms with Crippen LogP contribution in [0.3, 0.4) is 0 Å². The molecular weight excluding hydrogens is 290 g/mol. The maximum Gasteiger partial charge on any atom is 0.0823 e. The molecular formula is C23H17N. The molecule has 6 rings (SSSR count). The minimum Gasteiger partial charge on any atom is -0.329 e. The van der Waals surface area contributed by atoms with Gasteiger partial charge in [-0.1, -0.05) is 60.7 Å². The molecule has 24 heavy (non-hydrogen) atoms. The van der Waals surface area contributed by atoms with Crippen molar-refractivity contribution in [1.82, 2.24) is 0 Å². The summed E-state index contributed by atoms with van der Waals surface area (Å²) in [5.74, 6) is 0.